The summed E-state index contributed by atoms with van der Waals surface area (Å²) in [7, 11) is 0.700. The largest absolute Gasteiger partial charge is 0.547 e. The molecule has 0 fully saturated rings. The van der Waals surface area contributed by atoms with Crippen LogP contribution in [0, 0.1) is 0 Å². The maximum absolute atomic E-state index is 5.21. The highest BCUT2D eigenvalue weighted by Gasteiger charge is 1.98. The van der Waals surface area contributed by atoms with Crippen LogP contribution in [0.5, 0.6) is 0 Å². The van der Waals surface area contributed by atoms with Crippen molar-refractivity contribution in [3.05, 3.63) is 0 Å². The molecule has 0 aliphatic carbocycles. The molecule has 0 aromatic rings. The van der Waals surface area contributed by atoms with Gasteiger partial charge in [-0.3, -0.25) is 0 Å². The zero-order valence-corrected chi connectivity index (χ0v) is 6.64. The summed E-state index contributed by atoms with van der Waals surface area (Å²) >= 11 is -0.658. The summed E-state index contributed by atoms with van der Waals surface area (Å²) < 4.78 is 5.21. The molecule has 0 N–H and O–H groups in total. The van der Waals surface area contributed by atoms with Crippen molar-refractivity contribution in [3.63, 3.8) is 0 Å². The van der Waals surface area contributed by atoms with Crippen LogP contribution in [0.25, 0.3) is 0 Å². The smallest absolute Gasteiger partial charge is 0.442 e. The topological polar surface area (TPSA) is 9.23 Å². The molecule has 0 saturated heterocycles. The Hall–Kier alpha value is 0.709. The standard InChI is InChI=1S/CH3OSi.2CH3.Al/c1-3-2;;;/h1H3;2*1H3;/q-1;;;+1. The van der Waals surface area contributed by atoms with Crippen LogP contribution in [0.3, 0.4) is 0 Å². The van der Waals surface area contributed by atoms with Crippen LogP contribution in [-0.4, -0.2) is 24.2 Å². The molecular weight excluding hydrogens is 107 g/mol. The molecule has 0 atom stereocenters. The van der Waals surface area contributed by atoms with Gasteiger partial charge in [0.15, 0.2) is 9.76 Å². The zero-order chi connectivity index (χ0) is 4.99. The van der Waals surface area contributed by atoms with Crippen molar-refractivity contribution >= 4 is 24.2 Å². The molecule has 34 valence electrons. The predicted molar refractivity (Wildman–Crippen MR) is 30.2 cm³/mol. The predicted octanol–water partition coefficient (Wildman–Crippen LogP) is 0.921. The van der Waals surface area contributed by atoms with Gasteiger partial charge in [0.25, 0.3) is 0 Å². The normalized spacial score (nSPS) is 8.50. The van der Waals surface area contributed by atoms with Crippen molar-refractivity contribution in [3.8, 4) is 0 Å². The maximum atomic E-state index is 5.21. The van der Waals surface area contributed by atoms with E-state index in [2.05, 4.69) is 18.1 Å². The first-order valence-electron chi connectivity index (χ1n) is 2.09. The van der Waals surface area contributed by atoms with E-state index in [0.29, 0.717) is 9.76 Å². The number of rotatable bonds is 2. The summed E-state index contributed by atoms with van der Waals surface area (Å²) in [6.07, 6.45) is 0. The van der Waals surface area contributed by atoms with E-state index in [0.717, 1.165) is 0 Å². The molecule has 3 heteroatoms. The average Bonchev–Trinajstić information content (AvgIpc) is 1.35. The van der Waals surface area contributed by atoms with Gasteiger partial charge < -0.3 is 3.48 Å². The third kappa shape index (κ3) is 4.71. The highest BCUT2D eigenvalue weighted by molar-refractivity contribution is 6.55. The van der Waals surface area contributed by atoms with Crippen molar-refractivity contribution in [2.24, 2.45) is 0 Å². The highest BCUT2D eigenvalue weighted by Crippen LogP contribution is 1.77. The van der Waals surface area contributed by atoms with Crippen molar-refractivity contribution in [1.82, 2.24) is 0 Å². The van der Waals surface area contributed by atoms with E-state index in [4.69, 9.17) is 3.48 Å². The third-order valence-corrected chi connectivity index (χ3v) is 3.18. The summed E-state index contributed by atoms with van der Waals surface area (Å²) in [6.45, 7) is 2.06. The maximum Gasteiger partial charge on any atom is 0.442 e. The van der Waals surface area contributed by atoms with Crippen LogP contribution in [0.4, 0.5) is 0 Å². The molecule has 0 unspecified atom stereocenters. The Labute approximate surface area is 46.4 Å². The minimum atomic E-state index is -0.658. The lowest BCUT2D eigenvalue weighted by atomic mass is 11.9. The SMILES string of the molecule is C[Si][O][Al]([CH3])[CH3]. The fourth-order valence-corrected chi connectivity index (χ4v) is 2.12. The molecule has 0 rings (SSSR count). The minimum Gasteiger partial charge on any atom is -0.547 e. The van der Waals surface area contributed by atoms with E-state index in [9.17, 15) is 0 Å². The Bertz CT molecular complexity index is 32.0. The lowest BCUT2D eigenvalue weighted by Gasteiger charge is -1.94. The lowest BCUT2D eigenvalue weighted by Crippen LogP contribution is -2.08. The van der Waals surface area contributed by atoms with Gasteiger partial charge in [-0.15, -0.1) is 0 Å². The van der Waals surface area contributed by atoms with Crippen LogP contribution in [-0.2, 0) is 3.48 Å². The molecule has 0 aromatic heterocycles. The van der Waals surface area contributed by atoms with Gasteiger partial charge in [-0.2, -0.15) is 0 Å². The first-order chi connectivity index (χ1) is 2.77. The Morgan fingerprint density at radius 2 is 2.00 bits per heavy atom. The third-order valence-electron chi connectivity index (χ3n) is 0.354. The van der Waals surface area contributed by atoms with Crippen LogP contribution >= 0.6 is 0 Å². The fraction of sp³-hybridized carbons (Fsp3) is 1.00. The van der Waals surface area contributed by atoms with E-state index < -0.39 is 14.5 Å². The van der Waals surface area contributed by atoms with Gasteiger partial charge in [-0.25, -0.2) is 0 Å². The zero-order valence-electron chi connectivity index (χ0n) is 4.49. The van der Waals surface area contributed by atoms with Crippen molar-refractivity contribution in [2.45, 2.75) is 18.1 Å². The molecule has 0 aliphatic rings. The number of hydrogen-bond donors (Lipinski definition) is 0. The summed E-state index contributed by atoms with van der Waals surface area (Å²) in [4.78, 5) is 0. The van der Waals surface area contributed by atoms with Gasteiger partial charge >= 0.3 is 14.5 Å². The first-order valence-corrected chi connectivity index (χ1v) is 6.28. The lowest BCUT2D eigenvalue weighted by molar-refractivity contribution is 0.630. The van der Waals surface area contributed by atoms with E-state index in [1.165, 1.54) is 0 Å². The second-order valence-electron chi connectivity index (χ2n) is 1.37. The molecule has 2 radical (unpaired) electrons. The molecule has 0 aliphatic heterocycles. The van der Waals surface area contributed by atoms with Gasteiger partial charge in [0.1, 0.15) is 0 Å². The molecule has 0 spiro atoms. The van der Waals surface area contributed by atoms with Gasteiger partial charge in [0.2, 0.25) is 0 Å². The van der Waals surface area contributed by atoms with Gasteiger partial charge in [-0.05, 0) is 6.55 Å². The summed E-state index contributed by atoms with van der Waals surface area (Å²) in [5.74, 6) is 4.35. The molecule has 0 aromatic carbocycles. The Balaban J connectivity index is 2.63. The van der Waals surface area contributed by atoms with Crippen molar-refractivity contribution < 1.29 is 3.48 Å². The second kappa shape index (κ2) is 3.88. The van der Waals surface area contributed by atoms with Crippen LogP contribution in [0.2, 0.25) is 18.1 Å². The first kappa shape index (κ1) is 6.71. The molecular formula is C3H9AlOSi. The van der Waals surface area contributed by atoms with Crippen LogP contribution in [0.1, 0.15) is 0 Å². The number of hydrogen-bond acceptors (Lipinski definition) is 1. The Kier molecular flexibility index (Phi) is 4.34. The van der Waals surface area contributed by atoms with E-state index >= 15 is 0 Å². The van der Waals surface area contributed by atoms with E-state index in [-0.39, 0.29) is 0 Å². The van der Waals surface area contributed by atoms with E-state index in [1.54, 1.807) is 0 Å². The summed E-state index contributed by atoms with van der Waals surface area (Å²) in [5.41, 5.74) is 0. The molecule has 0 heterocycles. The average molecular weight is 116 g/mol. The molecule has 6 heavy (non-hydrogen) atoms. The van der Waals surface area contributed by atoms with Crippen LogP contribution in [0.15, 0.2) is 0 Å². The second-order valence-corrected chi connectivity index (χ2v) is 4.82. The molecule has 0 saturated carbocycles. The Morgan fingerprint density at radius 3 is 2.00 bits per heavy atom. The minimum absolute atomic E-state index is 0.658. The van der Waals surface area contributed by atoms with E-state index in [1.807, 2.05) is 0 Å². The highest BCUT2D eigenvalue weighted by atomic mass is 28.2. The monoisotopic (exact) mass is 116 g/mol. The summed E-state index contributed by atoms with van der Waals surface area (Å²) in [5, 5.41) is 0. The summed E-state index contributed by atoms with van der Waals surface area (Å²) in [6, 6.07) is 0. The van der Waals surface area contributed by atoms with Gasteiger partial charge in [-0.1, -0.05) is 11.6 Å². The van der Waals surface area contributed by atoms with Crippen molar-refractivity contribution in [2.75, 3.05) is 0 Å². The molecule has 0 bridgehead atoms. The Morgan fingerprint density at radius 1 is 1.50 bits per heavy atom. The van der Waals surface area contributed by atoms with Gasteiger partial charge in [0.05, 0.1) is 0 Å². The molecule has 1 nitrogen and oxygen atoms in total. The van der Waals surface area contributed by atoms with Crippen molar-refractivity contribution in [1.29, 1.82) is 0 Å². The fourth-order valence-electron chi connectivity index (χ4n) is 0.236. The molecule has 0 amide bonds. The quantitative estimate of drug-likeness (QED) is 0.487. The van der Waals surface area contributed by atoms with Crippen LogP contribution < -0.4 is 0 Å². The van der Waals surface area contributed by atoms with Gasteiger partial charge in [0, 0.05) is 0 Å².